The average molecular weight is 455 g/mol. The fourth-order valence-corrected chi connectivity index (χ4v) is 8.46. The highest BCUT2D eigenvalue weighted by Crippen LogP contribution is 2.46. The Bertz CT molecular complexity index is 1010. The summed E-state index contributed by atoms with van der Waals surface area (Å²) in [7, 11) is -1.37. The molecule has 0 aliphatic carbocycles. The first-order chi connectivity index (χ1) is 15.9. The van der Waals surface area contributed by atoms with Crippen molar-refractivity contribution in [1.29, 1.82) is 0 Å². The lowest BCUT2D eigenvalue weighted by molar-refractivity contribution is 0.145. The SMILES string of the molecule is c1ccc(P(OC[C@@H]2CCN2P(c2ccccc2)c2ccccc2)c2ccccc2)cc1. The maximum Gasteiger partial charge on any atom is 0.0918 e. The van der Waals surface area contributed by atoms with E-state index in [0.29, 0.717) is 6.04 Å². The maximum absolute atomic E-state index is 6.70. The van der Waals surface area contributed by atoms with Crippen LogP contribution in [0, 0.1) is 0 Å². The Morgan fingerprint density at radius 3 is 1.38 bits per heavy atom. The van der Waals surface area contributed by atoms with Crippen molar-refractivity contribution in [3.63, 3.8) is 0 Å². The minimum atomic E-state index is -0.822. The van der Waals surface area contributed by atoms with Crippen LogP contribution in [0.2, 0.25) is 0 Å². The van der Waals surface area contributed by atoms with Gasteiger partial charge in [0.15, 0.2) is 0 Å². The van der Waals surface area contributed by atoms with E-state index in [1.54, 1.807) is 0 Å². The van der Waals surface area contributed by atoms with E-state index in [9.17, 15) is 0 Å². The topological polar surface area (TPSA) is 12.5 Å². The fourth-order valence-electron chi connectivity index (χ4n) is 4.03. The van der Waals surface area contributed by atoms with Crippen molar-refractivity contribution in [3.05, 3.63) is 121 Å². The van der Waals surface area contributed by atoms with Gasteiger partial charge in [-0.3, -0.25) is 4.67 Å². The van der Waals surface area contributed by atoms with Crippen molar-refractivity contribution < 1.29 is 4.52 Å². The van der Waals surface area contributed by atoms with Gasteiger partial charge in [-0.25, -0.2) is 0 Å². The van der Waals surface area contributed by atoms with Crippen molar-refractivity contribution in [3.8, 4) is 0 Å². The molecular formula is C28H27NOP2. The zero-order chi connectivity index (χ0) is 21.6. The smallest absolute Gasteiger partial charge is 0.0918 e. The van der Waals surface area contributed by atoms with Crippen LogP contribution in [0.3, 0.4) is 0 Å². The zero-order valence-corrected chi connectivity index (χ0v) is 19.8. The molecule has 0 amide bonds. The van der Waals surface area contributed by atoms with Crippen molar-refractivity contribution in [1.82, 2.24) is 4.67 Å². The molecule has 5 rings (SSSR count). The molecule has 0 aromatic heterocycles. The minimum absolute atomic E-state index is 0.443. The maximum atomic E-state index is 6.70. The van der Waals surface area contributed by atoms with Gasteiger partial charge in [-0.15, -0.1) is 0 Å². The predicted molar refractivity (Wildman–Crippen MR) is 139 cm³/mol. The molecule has 1 atom stereocenters. The third-order valence-corrected chi connectivity index (χ3v) is 10.3. The molecule has 160 valence electrons. The summed E-state index contributed by atoms with van der Waals surface area (Å²) in [5, 5.41) is 5.36. The van der Waals surface area contributed by atoms with Gasteiger partial charge in [0.2, 0.25) is 0 Å². The van der Waals surface area contributed by atoms with Crippen molar-refractivity contribution in [2.75, 3.05) is 13.2 Å². The van der Waals surface area contributed by atoms with Crippen LogP contribution in [0.5, 0.6) is 0 Å². The molecule has 1 heterocycles. The molecule has 0 unspecified atom stereocenters. The molecule has 2 nitrogen and oxygen atoms in total. The highest BCUT2D eigenvalue weighted by molar-refractivity contribution is 7.71. The average Bonchev–Trinajstić information content (AvgIpc) is 2.86. The van der Waals surface area contributed by atoms with Gasteiger partial charge < -0.3 is 4.52 Å². The summed E-state index contributed by atoms with van der Waals surface area (Å²) in [4.78, 5) is 0. The van der Waals surface area contributed by atoms with Crippen LogP contribution in [-0.2, 0) is 4.52 Å². The molecule has 1 aliphatic heterocycles. The molecule has 0 spiro atoms. The molecule has 0 bridgehead atoms. The van der Waals surface area contributed by atoms with Crippen LogP contribution in [0.4, 0.5) is 0 Å². The zero-order valence-electron chi connectivity index (χ0n) is 18.0. The van der Waals surface area contributed by atoms with E-state index < -0.39 is 16.2 Å². The Labute approximate surface area is 193 Å². The van der Waals surface area contributed by atoms with E-state index in [2.05, 4.69) is 126 Å². The Morgan fingerprint density at radius 1 is 0.594 bits per heavy atom. The van der Waals surface area contributed by atoms with Gasteiger partial charge in [-0.05, 0) is 17.0 Å². The molecule has 32 heavy (non-hydrogen) atoms. The molecule has 1 saturated heterocycles. The summed E-state index contributed by atoms with van der Waals surface area (Å²) in [6.07, 6.45) is 1.19. The van der Waals surface area contributed by atoms with Gasteiger partial charge in [0.25, 0.3) is 0 Å². The Balaban J connectivity index is 1.37. The van der Waals surface area contributed by atoms with Gasteiger partial charge in [-0.2, -0.15) is 0 Å². The van der Waals surface area contributed by atoms with Crippen LogP contribution >= 0.6 is 16.2 Å². The molecule has 0 radical (unpaired) electrons. The van der Waals surface area contributed by atoms with Crippen LogP contribution in [0.1, 0.15) is 6.42 Å². The van der Waals surface area contributed by atoms with Crippen LogP contribution in [0.25, 0.3) is 0 Å². The minimum Gasteiger partial charge on any atom is -0.348 e. The monoisotopic (exact) mass is 455 g/mol. The molecule has 1 fully saturated rings. The second-order valence-corrected chi connectivity index (χ2v) is 11.9. The normalized spacial score (nSPS) is 16.2. The molecule has 0 saturated carbocycles. The number of benzene rings is 4. The Kier molecular flexibility index (Phi) is 7.07. The van der Waals surface area contributed by atoms with Crippen molar-refractivity contribution in [2.45, 2.75) is 12.5 Å². The standard InChI is InChI=1S/C28H27NOP2/c1-5-13-25(14-6-1)31(26-15-7-2-8-16-26)29-22-21-24(29)23-30-32(27-17-9-3-10-18-27)28-19-11-4-12-20-28/h1-20,24H,21-23H2/t24-/m0/s1. The summed E-state index contributed by atoms with van der Waals surface area (Å²) in [6.45, 7) is 1.88. The van der Waals surface area contributed by atoms with Crippen molar-refractivity contribution >= 4 is 37.4 Å². The first-order valence-electron chi connectivity index (χ1n) is 11.1. The molecule has 4 heteroatoms. The predicted octanol–water partition coefficient (Wildman–Crippen LogP) is 5.17. The third kappa shape index (κ3) is 4.85. The first kappa shape index (κ1) is 21.5. The van der Waals surface area contributed by atoms with E-state index in [1.807, 2.05) is 0 Å². The molecular weight excluding hydrogens is 428 g/mol. The number of nitrogens with zero attached hydrogens (tertiary/aromatic N) is 1. The quantitative estimate of drug-likeness (QED) is 0.340. The van der Waals surface area contributed by atoms with Crippen molar-refractivity contribution in [2.24, 2.45) is 0 Å². The lowest BCUT2D eigenvalue weighted by Crippen LogP contribution is -2.49. The fraction of sp³-hybridized carbons (Fsp3) is 0.143. The summed E-state index contributed by atoms with van der Waals surface area (Å²) in [5.41, 5.74) is 0. The van der Waals surface area contributed by atoms with Crippen LogP contribution in [-0.4, -0.2) is 23.9 Å². The highest BCUT2D eigenvalue weighted by Gasteiger charge is 2.36. The molecule has 4 aromatic carbocycles. The Hall–Kier alpha value is -2.34. The molecule has 1 aliphatic rings. The third-order valence-electron chi connectivity index (χ3n) is 5.75. The largest absolute Gasteiger partial charge is 0.348 e. The van der Waals surface area contributed by atoms with E-state index in [1.165, 1.54) is 27.6 Å². The van der Waals surface area contributed by atoms with Crippen LogP contribution in [0.15, 0.2) is 121 Å². The number of hydrogen-bond donors (Lipinski definition) is 0. The first-order valence-corrected chi connectivity index (χ1v) is 13.7. The molecule has 4 aromatic rings. The summed E-state index contributed by atoms with van der Waals surface area (Å²) in [6, 6.07) is 43.7. The van der Waals surface area contributed by atoms with E-state index in [-0.39, 0.29) is 0 Å². The van der Waals surface area contributed by atoms with Gasteiger partial charge in [-0.1, -0.05) is 121 Å². The second-order valence-electron chi connectivity index (χ2n) is 7.85. The van der Waals surface area contributed by atoms with Gasteiger partial charge >= 0.3 is 0 Å². The number of rotatable bonds is 8. The molecule has 0 N–H and O–H groups in total. The summed E-state index contributed by atoms with van der Waals surface area (Å²) >= 11 is 0. The van der Waals surface area contributed by atoms with E-state index in [4.69, 9.17) is 4.52 Å². The highest BCUT2D eigenvalue weighted by atomic mass is 31.1. The summed E-state index contributed by atoms with van der Waals surface area (Å²) < 4.78 is 9.37. The van der Waals surface area contributed by atoms with Gasteiger partial charge in [0, 0.05) is 31.3 Å². The lowest BCUT2D eigenvalue weighted by Gasteiger charge is -2.46. The van der Waals surface area contributed by atoms with E-state index in [0.717, 1.165) is 13.2 Å². The van der Waals surface area contributed by atoms with Gasteiger partial charge in [0.05, 0.1) is 14.8 Å². The van der Waals surface area contributed by atoms with E-state index >= 15 is 0 Å². The lowest BCUT2D eigenvalue weighted by atomic mass is 10.1. The summed E-state index contributed by atoms with van der Waals surface area (Å²) in [5.74, 6) is 0. The van der Waals surface area contributed by atoms with Crippen LogP contribution < -0.4 is 21.2 Å². The number of hydrogen-bond acceptors (Lipinski definition) is 2. The van der Waals surface area contributed by atoms with Gasteiger partial charge in [0.1, 0.15) is 0 Å². The second kappa shape index (κ2) is 10.5. The Morgan fingerprint density at radius 2 is 1.00 bits per heavy atom.